The number of carbonyl (C=O) groups is 1. The quantitative estimate of drug-likeness (QED) is 0.258. The van der Waals surface area contributed by atoms with Gasteiger partial charge in [-0.3, -0.25) is 0 Å². The van der Waals surface area contributed by atoms with Gasteiger partial charge in [0.1, 0.15) is 12.8 Å². The van der Waals surface area contributed by atoms with Crippen LogP contribution in [0.3, 0.4) is 0 Å². The molecule has 0 saturated heterocycles. The minimum Gasteiger partial charge on any atom is -0.479 e. The number of nitrogens with zero attached hydrogens (tertiary/aromatic N) is 3. The van der Waals surface area contributed by atoms with Crippen molar-refractivity contribution in [2.24, 2.45) is 0 Å². The molecule has 0 atom stereocenters. The number of hydrogen-bond donors (Lipinski definition) is 0. The molecule has 0 amide bonds. The molecule has 0 spiro atoms. The van der Waals surface area contributed by atoms with Crippen LogP contribution in [0.15, 0.2) is 72.9 Å². The van der Waals surface area contributed by atoms with E-state index in [0.29, 0.717) is 16.8 Å². The number of carbonyl (C=O) groups excluding carboxylic acids is 1. The second-order valence-electron chi connectivity index (χ2n) is 6.55. The van der Waals surface area contributed by atoms with Gasteiger partial charge in [-0.25, -0.2) is 9.78 Å². The lowest BCUT2D eigenvalue weighted by Crippen LogP contribution is -2.13. The molecule has 31 heavy (non-hydrogen) atoms. The molecular formula is C23H17N3O5. The first-order chi connectivity index (χ1) is 15.1. The van der Waals surface area contributed by atoms with Crippen molar-refractivity contribution in [2.45, 2.75) is 6.61 Å². The lowest BCUT2D eigenvalue weighted by atomic mass is 9.94. The SMILES string of the molecule is COC(=O)c1c(COc2cccnc2[N+](=O)[O-])nc2ccccc2c1-c1ccccc1. The molecule has 4 rings (SSSR count). The zero-order valence-electron chi connectivity index (χ0n) is 16.5. The number of methoxy groups -OCH3 is 1. The largest absolute Gasteiger partial charge is 0.479 e. The van der Waals surface area contributed by atoms with Gasteiger partial charge in [0, 0.05) is 10.9 Å². The molecule has 0 fully saturated rings. The van der Waals surface area contributed by atoms with Gasteiger partial charge in [0.2, 0.25) is 5.75 Å². The molecule has 0 saturated carbocycles. The van der Waals surface area contributed by atoms with Crippen molar-refractivity contribution < 1.29 is 19.2 Å². The average Bonchev–Trinajstić information content (AvgIpc) is 2.81. The molecule has 0 bridgehead atoms. The first-order valence-corrected chi connectivity index (χ1v) is 9.37. The maximum atomic E-state index is 12.8. The zero-order chi connectivity index (χ0) is 21.8. The Morgan fingerprint density at radius 2 is 1.77 bits per heavy atom. The number of fused-ring (bicyclic) bond motifs is 1. The molecule has 0 N–H and O–H groups in total. The maximum absolute atomic E-state index is 12.8. The third-order valence-electron chi connectivity index (χ3n) is 4.71. The molecule has 4 aromatic rings. The Bertz CT molecular complexity index is 1270. The third kappa shape index (κ3) is 3.91. The second-order valence-corrected chi connectivity index (χ2v) is 6.55. The molecule has 154 valence electrons. The van der Waals surface area contributed by atoms with E-state index < -0.39 is 16.7 Å². The van der Waals surface area contributed by atoms with E-state index in [1.807, 2.05) is 54.6 Å². The first-order valence-electron chi connectivity index (χ1n) is 9.37. The highest BCUT2D eigenvalue weighted by Gasteiger charge is 2.24. The van der Waals surface area contributed by atoms with Crippen LogP contribution in [0.1, 0.15) is 16.1 Å². The van der Waals surface area contributed by atoms with Gasteiger partial charge in [0.25, 0.3) is 0 Å². The number of benzene rings is 2. The van der Waals surface area contributed by atoms with Crippen LogP contribution in [0.2, 0.25) is 0 Å². The molecule has 2 heterocycles. The standard InChI is InChI=1S/C23H17N3O5/c1-30-23(27)21-18(14-31-19-12-7-13-24-22(19)26(28)29)25-17-11-6-5-10-16(17)20(21)15-8-3-2-4-9-15/h2-13H,14H2,1H3. The highest BCUT2D eigenvalue weighted by atomic mass is 16.6. The van der Waals surface area contributed by atoms with Crippen molar-refractivity contribution in [3.8, 4) is 16.9 Å². The van der Waals surface area contributed by atoms with Crippen LogP contribution in [0.5, 0.6) is 5.75 Å². The van der Waals surface area contributed by atoms with Gasteiger partial charge in [0.05, 0.1) is 23.9 Å². The summed E-state index contributed by atoms with van der Waals surface area (Å²) < 4.78 is 10.7. The summed E-state index contributed by atoms with van der Waals surface area (Å²) in [5.41, 5.74) is 2.70. The van der Waals surface area contributed by atoms with Gasteiger partial charge in [-0.15, -0.1) is 0 Å². The van der Waals surface area contributed by atoms with E-state index in [-0.39, 0.29) is 17.9 Å². The molecular weight excluding hydrogens is 398 g/mol. The van der Waals surface area contributed by atoms with Gasteiger partial charge < -0.3 is 19.6 Å². The Labute approximate surface area is 177 Å². The normalized spacial score (nSPS) is 10.6. The average molecular weight is 415 g/mol. The van der Waals surface area contributed by atoms with Crippen LogP contribution in [0.4, 0.5) is 5.82 Å². The summed E-state index contributed by atoms with van der Waals surface area (Å²) in [5.74, 6) is -0.998. The number of ether oxygens (including phenoxy) is 2. The number of rotatable bonds is 6. The lowest BCUT2D eigenvalue weighted by molar-refractivity contribution is -0.390. The van der Waals surface area contributed by atoms with Gasteiger partial charge in [-0.2, -0.15) is 0 Å². The summed E-state index contributed by atoms with van der Waals surface area (Å²) in [6, 6.07) is 19.8. The summed E-state index contributed by atoms with van der Waals surface area (Å²) in [7, 11) is 1.29. The fourth-order valence-corrected chi connectivity index (χ4v) is 3.37. The summed E-state index contributed by atoms with van der Waals surface area (Å²) in [6.07, 6.45) is 1.31. The maximum Gasteiger partial charge on any atom is 0.406 e. The smallest absolute Gasteiger partial charge is 0.406 e. The van der Waals surface area contributed by atoms with E-state index in [2.05, 4.69) is 9.97 Å². The Hall–Kier alpha value is -4.33. The van der Waals surface area contributed by atoms with Crippen molar-refractivity contribution in [3.05, 3.63) is 94.3 Å². The first kappa shape index (κ1) is 20.0. The van der Waals surface area contributed by atoms with Crippen molar-refractivity contribution in [3.63, 3.8) is 0 Å². The minimum absolute atomic E-state index is 0.0143. The van der Waals surface area contributed by atoms with Crippen LogP contribution in [-0.2, 0) is 11.3 Å². The van der Waals surface area contributed by atoms with E-state index in [4.69, 9.17) is 9.47 Å². The molecule has 8 nitrogen and oxygen atoms in total. The number of esters is 1. The summed E-state index contributed by atoms with van der Waals surface area (Å²) in [5, 5.41) is 12.0. The topological polar surface area (TPSA) is 104 Å². The van der Waals surface area contributed by atoms with Gasteiger partial charge in [0.15, 0.2) is 0 Å². The highest BCUT2D eigenvalue weighted by molar-refractivity contribution is 6.07. The number of para-hydroxylation sites is 1. The van der Waals surface area contributed by atoms with Crippen LogP contribution >= 0.6 is 0 Å². The number of pyridine rings is 2. The van der Waals surface area contributed by atoms with Gasteiger partial charge in [-0.05, 0) is 33.7 Å². The molecule has 0 radical (unpaired) electrons. The van der Waals surface area contributed by atoms with Crippen LogP contribution in [0, 0.1) is 10.1 Å². The molecule has 8 heteroatoms. The lowest BCUT2D eigenvalue weighted by Gasteiger charge is -2.16. The van der Waals surface area contributed by atoms with E-state index in [1.165, 1.54) is 25.4 Å². The third-order valence-corrected chi connectivity index (χ3v) is 4.71. The van der Waals surface area contributed by atoms with Crippen molar-refractivity contribution >= 4 is 22.7 Å². The Kier molecular flexibility index (Phi) is 5.53. The number of hydrogen-bond acceptors (Lipinski definition) is 7. The number of nitro groups is 1. The monoisotopic (exact) mass is 415 g/mol. The van der Waals surface area contributed by atoms with Gasteiger partial charge in [-0.1, -0.05) is 48.5 Å². The molecule has 2 aromatic heterocycles. The van der Waals surface area contributed by atoms with E-state index in [9.17, 15) is 14.9 Å². The molecule has 0 aliphatic rings. The number of aromatic nitrogens is 2. The predicted octanol–water partition coefficient (Wildman–Crippen LogP) is 4.57. The summed E-state index contributed by atoms with van der Waals surface area (Å²) >= 11 is 0. The van der Waals surface area contributed by atoms with Crippen LogP contribution in [0.25, 0.3) is 22.0 Å². The molecule has 2 aromatic carbocycles. The molecule has 0 aliphatic carbocycles. The fraction of sp³-hybridized carbons (Fsp3) is 0.0870. The van der Waals surface area contributed by atoms with E-state index in [0.717, 1.165) is 10.9 Å². The summed E-state index contributed by atoms with van der Waals surface area (Å²) in [4.78, 5) is 31.8. The fourth-order valence-electron chi connectivity index (χ4n) is 3.37. The molecule has 0 aliphatic heterocycles. The van der Waals surface area contributed by atoms with E-state index in [1.54, 1.807) is 0 Å². The van der Waals surface area contributed by atoms with Gasteiger partial charge >= 0.3 is 11.8 Å². The summed E-state index contributed by atoms with van der Waals surface area (Å²) in [6.45, 7) is -0.179. The zero-order valence-corrected chi connectivity index (χ0v) is 16.5. The Balaban J connectivity index is 1.89. The van der Waals surface area contributed by atoms with Crippen molar-refractivity contribution in [1.29, 1.82) is 0 Å². The van der Waals surface area contributed by atoms with Crippen molar-refractivity contribution in [1.82, 2.24) is 9.97 Å². The predicted molar refractivity (Wildman–Crippen MR) is 114 cm³/mol. The van der Waals surface area contributed by atoms with Crippen molar-refractivity contribution in [2.75, 3.05) is 7.11 Å². The Morgan fingerprint density at radius 1 is 1.03 bits per heavy atom. The van der Waals surface area contributed by atoms with E-state index >= 15 is 0 Å². The minimum atomic E-state index is -0.625. The van der Waals surface area contributed by atoms with Crippen LogP contribution < -0.4 is 4.74 Å². The van der Waals surface area contributed by atoms with Crippen LogP contribution in [-0.4, -0.2) is 28.0 Å². The Morgan fingerprint density at radius 3 is 2.52 bits per heavy atom. The second kappa shape index (κ2) is 8.58. The molecule has 0 unspecified atom stereocenters. The highest BCUT2D eigenvalue weighted by Crippen LogP contribution is 2.34.